The van der Waals surface area contributed by atoms with E-state index in [4.69, 9.17) is 0 Å². The second-order valence-electron chi connectivity index (χ2n) is 5.45. The molecule has 1 aromatic carbocycles. The minimum absolute atomic E-state index is 0.0609. The summed E-state index contributed by atoms with van der Waals surface area (Å²) in [6, 6.07) is 7.30. The van der Waals surface area contributed by atoms with Crippen LogP contribution < -0.4 is 10.6 Å². The maximum absolute atomic E-state index is 11.7. The lowest BCUT2D eigenvalue weighted by Crippen LogP contribution is -2.32. The molecule has 0 fully saturated rings. The summed E-state index contributed by atoms with van der Waals surface area (Å²) in [5.41, 5.74) is 0.617. The molecular weight excluding hydrogens is 320 g/mol. The number of nitrogens with one attached hydrogen (secondary N) is 2. The van der Waals surface area contributed by atoms with Gasteiger partial charge in [0.1, 0.15) is 0 Å². The first-order valence-electron chi connectivity index (χ1n) is 6.29. The minimum atomic E-state index is -0.276. The van der Waals surface area contributed by atoms with Gasteiger partial charge in [0.15, 0.2) is 0 Å². The number of benzene rings is 1. The van der Waals surface area contributed by atoms with Gasteiger partial charge in [-0.15, -0.1) is 0 Å². The molecule has 1 aromatic rings. The highest BCUT2D eigenvalue weighted by atomic mass is 79.9. The summed E-state index contributed by atoms with van der Waals surface area (Å²) >= 11 is 3.34. The van der Waals surface area contributed by atoms with Crippen LogP contribution in [0.2, 0.25) is 0 Å². The van der Waals surface area contributed by atoms with Crippen LogP contribution in [-0.2, 0) is 9.59 Å². The molecule has 0 atom stereocenters. The highest BCUT2D eigenvalue weighted by Gasteiger charge is 2.08. The van der Waals surface area contributed by atoms with Crippen molar-refractivity contribution in [3.8, 4) is 0 Å². The molecule has 0 aliphatic carbocycles. The number of rotatable bonds is 4. The number of carbonyl (C=O) groups is 2. The third-order valence-corrected chi connectivity index (χ3v) is 3.00. The zero-order chi connectivity index (χ0) is 15.2. The summed E-state index contributed by atoms with van der Waals surface area (Å²) in [6.45, 7) is 5.93. The molecule has 0 saturated carbocycles. The molecule has 0 heterocycles. The van der Waals surface area contributed by atoms with Crippen molar-refractivity contribution in [3.63, 3.8) is 0 Å². The Hall–Kier alpha value is -1.62. The number of allylic oxidation sites excluding steroid dienone is 1. The predicted molar refractivity (Wildman–Crippen MR) is 84.4 cm³/mol. The molecule has 0 aliphatic heterocycles. The molecule has 0 saturated heterocycles. The summed E-state index contributed by atoms with van der Waals surface area (Å²) in [5.74, 6) is -0.545. The van der Waals surface area contributed by atoms with E-state index < -0.39 is 0 Å². The third kappa shape index (κ3) is 6.52. The molecular formula is C15H19BrN2O2. The van der Waals surface area contributed by atoms with Gasteiger partial charge < -0.3 is 10.6 Å². The van der Waals surface area contributed by atoms with Crippen LogP contribution in [0.25, 0.3) is 0 Å². The fraction of sp³-hybridized carbons (Fsp3) is 0.333. The lowest BCUT2D eigenvalue weighted by atomic mass is 9.96. The fourth-order valence-electron chi connectivity index (χ4n) is 1.31. The van der Waals surface area contributed by atoms with Crippen LogP contribution in [0.5, 0.6) is 0 Å². The summed E-state index contributed by atoms with van der Waals surface area (Å²) in [5, 5.41) is 5.25. The Kier molecular flexibility index (Phi) is 5.95. The topological polar surface area (TPSA) is 58.2 Å². The van der Waals surface area contributed by atoms with Crippen molar-refractivity contribution in [2.45, 2.75) is 20.8 Å². The van der Waals surface area contributed by atoms with Gasteiger partial charge in [-0.05, 0) is 39.6 Å². The molecule has 20 heavy (non-hydrogen) atoms. The van der Waals surface area contributed by atoms with E-state index in [1.807, 2.05) is 39.0 Å². The molecule has 0 bridgehead atoms. The van der Waals surface area contributed by atoms with Crippen LogP contribution >= 0.6 is 15.9 Å². The first-order valence-corrected chi connectivity index (χ1v) is 7.09. The Balaban J connectivity index is 2.43. The maximum Gasteiger partial charge on any atom is 0.244 e. The SMILES string of the molecule is CC(C)(C)/C=C/C(=O)NCC(=O)Nc1ccccc1Br. The van der Waals surface area contributed by atoms with E-state index in [1.54, 1.807) is 12.1 Å². The van der Waals surface area contributed by atoms with E-state index in [2.05, 4.69) is 26.6 Å². The summed E-state index contributed by atoms with van der Waals surface area (Å²) < 4.78 is 0.798. The standard InChI is InChI=1S/C15H19BrN2O2/c1-15(2,3)9-8-13(19)17-10-14(20)18-12-7-5-4-6-11(12)16/h4-9H,10H2,1-3H3,(H,17,19)(H,18,20)/b9-8+. The molecule has 0 spiro atoms. The van der Waals surface area contributed by atoms with Gasteiger partial charge in [-0.2, -0.15) is 0 Å². The Morgan fingerprint density at radius 3 is 2.50 bits per heavy atom. The van der Waals surface area contributed by atoms with E-state index in [1.165, 1.54) is 6.08 Å². The quantitative estimate of drug-likeness (QED) is 0.828. The monoisotopic (exact) mass is 338 g/mol. The number of hydrogen-bond acceptors (Lipinski definition) is 2. The molecule has 1 rings (SSSR count). The molecule has 5 heteroatoms. The van der Waals surface area contributed by atoms with Crippen molar-refractivity contribution in [1.82, 2.24) is 5.32 Å². The Morgan fingerprint density at radius 2 is 1.90 bits per heavy atom. The van der Waals surface area contributed by atoms with E-state index in [0.29, 0.717) is 5.69 Å². The highest BCUT2D eigenvalue weighted by Crippen LogP contribution is 2.20. The number of halogens is 1. The van der Waals surface area contributed by atoms with Gasteiger partial charge in [0.2, 0.25) is 11.8 Å². The number of hydrogen-bond donors (Lipinski definition) is 2. The molecule has 2 N–H and O–H groups in total. The molecule has 2 amide bonds. The van der Waals surface area contributed by atoms with Crippen LogP contribution in [0.4, 0.5) is 5.69 Å². The van der Waals surface area contributed by atoms with E-state index in [-0.39, 0.29) is 23.8 Å². The number of para-hydroxylation sites is 1. The first-order chi connectivity index (χ1) is 9.28. The van der Waals surface area contributed by atoms with Gasteiger partial charge in [0.25, 0.3) is 0 Å². The lowest BCUT2D eigenvalue weighted by Gasteiger charge is -2.11. The molecule has 4 nitrogen and oxygen atoms in total. The largest absolute Gasteiger partial charge is 0.343 e. The average Bonchev–Trinajstić information content (AvgIpc) is 2.36. The first kappa shape index (κ1) is 16.4. The summed E-state index contributed by atoms with van der Waals surface area (Å²) in [6.07, 6.45) is 3.25. The zero-order valence-electron chi connectivity index (χ0n) is 11.9. The fourth-order valence-corrected chi connectivity index (χ4v) is 1.69. The lowest BCUT2D eigenvalue weighted by molar-refractivity contribution is -0.121. The van der Waals surface area contributed by atoms with Gasteiger partial charge in [-0.1, -0.05) is 39.0 Å². The van der Waals surface area contributed by atoms with Crippen molar-refractivity contribution < 1.29 is 9.59 Å². The van der Waals surface area contributed by atoms with Gasteiger partial charge >= 0.3 is 0 Å². The Labute approximate surface area is 127 Å². The van der Waals surface area contributed by atoms with E-state index >= 15 is 0 Å². The number of anilines is 1. The van der Waals surface area contributed by atoms with Crippen molar-refractivity contribution >= 4 is 33.4 Å². The zero-order valence-corrected chi connectivity index (χ0v) is 13.5. The normalized spacial score (nSPS) is 11.4. The van der Waals surface area contributed by atoms with Crippen molar-refractivity contribution in [2.24, 2.45) is 5.41 Å². The highest BCUT2D eigenvalue weighted by molar-refractivity contribution is 9.10. The van der Waals surface area contributed by atoms with Crippen LogP contribution in [0.3, 0.4) is 0 Å². The second kappa shape index (κ2) is 7.24. The van der Waals surface area contributed by atoms with Crippen LogP contribution in [0.1, 0.15) is 20.8 Å². The second-order valence-corrected chi connectivity index (χ2v) is 6.30. The molecule has 0 unspecified atom stereocenters. The maximum atomic E-state index is 11.7. The number of carbonyl (C=O) groups excluding carboxylic acids is 2. The predicted octanol–water partition coefficient (Wildman–Crippen LogP) is 3.11. The van der Waals surface area contributed by atoms with E-state index in [9.17, 15) is 9.59 Å². The molecule has 0 aliphatic rings. The summed E-state index contributed by atoms with van der Waals surface area (Å²) in [7, 11) is 0. The van der Waals surface area contributed by atoms with Crippen molar-refractivity contribution in [2.75, 3.05) is 11.9 Å². The number of amides is 2. The summed E-state index contributed by atoms with van der Waals surface area (Å²) in [4.78, 5) is 23.2. The van der Waals surface area contributed by atoms with E-state index in [0.717, 1.165) is 4.47 Å². The van der Waals surface area contributed by atoms with Gasteiger partial charge in [-0.3, -0.25) is 9.59 Å². The van der Waals surface area contributed by atoms with Gasteiger partial charge in [0.05, 0.1) is 12.2 Å². The molecule has 108 valence electrons. The smallest absolute Gasteiger partial charge is 0.244 e. The Bertz CT molecular complexity index is 519. The molecule has 0 aromatic heterocycles. The van der Waals surface area contributed by atoms with Gasteiger partial charge in [-0.25, -0.2) is 0 Å². The minimum Gasteiger partial charge on any atom is -0.343 e. The third-order valence-electron chi connectivity index (χ3n) is 2.31. The van der Waals surface area contributed by atoms with Crippen LogP contribution in [-0.4, -0.2) is 18.4 Å². The Morgan fingerprint density at radius 1 is 1.25 bits per heavy atom. The van der Waals surface area contributed by atoms with Crippen LogP contribution in [0, 0.1) is 5.41 Å². The van der Waals surface area contributed by atoms with Crippen LogP contribution in [0.15, 0.2) is 40.9 Å². The van der Waals surface area contributed by atoms with Crippen molar-refractivity contribution in [1.29, 1.82) is 0 Å². The molecule has 0 radical (unpaired) electrons. The average molecular weight is 339 g/mol. The van der Waals surface area contributed by atoms with Crippen molar-refractivity contribution in [3.05, 3.63) is 40.9 Å². The van der Waals surface area contributed by atoms with Gasteiger partial charge in [0, 0.05) is 4.47 Å².